The summed E-state index contributed by atoms with van der Waals surface area (Å²) in [6, 6.07) is 11.6. The molecule has 4 aromatic rings. The van der Waals surface area contributed by atoms with E-state index in [4.69, 9.17) is 13.6 Å². The Morgan fingerprint density at radius 1 is 1.06 bits per heavy atom. The van der Waals surface area contributed by atoms with E-state index in [1.165, 1.54) is 0 Å². The molecule has 2 heterocycles. The van der Waals surface area contributed by atoms with E-state index in [-0.39, 0.29) is 17.7 Å². The molecule has 2 aromatic heterocycles. The van der Waals surface area contributed by atoms with E-state index in [2.05, 4.69) is 26.1 Å². The molecule has 0 aliphatic rings. The number of carbonyl (C=O) groups excluding carboxylic acids is 1. The Bertz CT molecular complexity index is 1400. The summed E-state index contributed by atoms with van der Waals surface area (Å²) in [5.41, 5.74) is 4.23. The highest BCUT2D eigenvalue weighted by atomic mass is 16.5. The smallest absolute Gasteiger partial charge is 0.339 e. The molecule has 34 heavy (non-hydrogen) atoms. The van der Waals surface area contributed by atoms with E-state index in [0.717, 1.165) is 33.2 Å². The molecular formula is C28H31NO5. The topological polar surface area (TPSA) is 81.7 Å². The molecule has 0 spiro atoms. The Hall–Kier alpha value is -3.54. The summed E-state index contributed by atoms with van der Waals surface area (Å²) in [5, 5.41) is 4.81. The van der Waals surface area contributed by atoms with E-state index in [0.29, 0.717) is 36.1 Å². The van der Waals surface area contributed by atoms with E-state index >= 15 is 0 Å². The van der Waals surface area contributed by atoms with Gasteiger partial charge in [-0.2, -0.15) is 0 Å². The lowest BCUT2D eigenvalue weighted by molar-refractivity contribution is -0.121. The van der Waals surface area contributed by atoms with Gasteiger partial charge in [-0.3, -0.25) is 4.79 Å². The van der Waals surface area contributed by atoms with Crippen molar-refractivity contribution in [2.45, 2.75) is 52.4 Å². The average molecular weight is 462 g/mol. The summed E-state index contributed by atoms with van der Waals surface area (Å²) in [7, 11) is 1.64. The fraction of sp³-hybridized carbons (Fsp3) is 0.357. The predicted molar refractivity (Wildman–Crippen MR) is 134 cm³/mol. The molecule has 0 aliphatic carbocycles. The zero-order valence-electron chi connectivity index (χ0n) is 20.4. The van der Waals surface area contributed by atoms with Gasteiger partial charge in [0.2, 0.25) is 5.91 Å². The first kappa shape index (κ1) is 23.6. The first-order valence-corrected chi connectivity index (χ1v) is 11.6. The molecule has 0 aliphatic heterocycles. The van der Waals surface area contributed by atoms with Crippen molar-refractivity contribution in [1.29, 1.82) is 0 Å². The van der Waals surface area contributed by atoms with Gasteiger partial charge in [0.25, 0.3) is 0 Å². The summed E-state index contributed by atoms with van der Waals surface area (Å²) in [6.45, 7) is 8.82. The molecule has 0 saturated heterocycles. The summed E-state index contributed by atoms with van der Waals surface area (Å²) < 4.78 is 16.7. The Kier molecular flexibility index (Phi) is 6.51. The minimum atomic E-state index is -0.409. The Morgan fingerprint density at radius 3 is 2.56 bits per heavy atom. The van der Waals surface area contributed by atoms with Gasteiger partial charge in [0, 0.05) is 40.9 Å². The molecule has 0 bridgehead atoms. The van der Waals surface area contributed by atoms with Gasteiger partial charge in [0.15, 0.2) is 0 Å². The number of ether oxygens (including phenoxy) is 1. The summed E-state index contributed by atoms with van der Waals surface area (Å²) >= 11 is 0. The van der Waals surface area contributed by atoms with Crippen molar-refractivity contribution in [1.82, 2.24) is 5.32 Å². The zero-order chi connectivity index (χ0) is 24.5. The lowest BCUT2D eigenvalue weighted by atomic mass is 9.86. The van der Waals surface area contributed by atoms with E-state index in [1.807, 2.05) is 37.3 Å². The third kappa shape index (κ3) is 4.72. The number of carbonyl (C=O) groups is 1. The van der Waals surface area contributed by atoms with Crippen molar-refractivity contribution in [2.24, 2.45) is 0 Å². The van der Waals surface area contributed by atoms with Crippen LogP contribution in [0.25, 0.3) is 21.9 Å². The molecule has 1 N–H and O–H groups in total. The van der Waals surface area contributed by atoms with Crippen LogP contribution in [-0.2, 0) is 23.1 Å². The SMILES string of the molecule is COc1ccccc1CCNC(=O)CCc1c(C)c2cc3c(C(C)(C)C)coc3cc2oc1=O. The molecular weight excluding hydrogens is 430 g/mol. The van der Waals surface area contributed by atoms with Gasteiger partial charge in [-0.15, -0.1) is 0 Å². The number of hydrogen-bond acceptors (Lipinski definition) is 5. The second-order valence-electron chi connectivity index (χ2n) is 9.65. The van der Waals surface area contributed by atoms with Crippen LogP contribution >= 0.6 is 0 Å². The van der Waals surface area contributed by atoms with Gasteiger partial charge in [0.05, 0.1) is 13.4 Å². The molecule has 2 aromatic carbocycles. The number of rotatable bonds is 7. The monoisotopic (exact) mass is 461 g/mol. The largest absolute Gasteiger partial charge is 0.496 e. The second-order valence-corrected chi connectivity index (χ2v) is 9.65. The van der Waals surface area contributed by atoms with Crippen LogP contribution in [0.1, 0.15) is 49.4 Å². The zero-order valence-corrected chi connectivity index (χ0v) is 20.4. The number of nitrogens with one attached hydrogen (secondary N) is 1. The maximum atomic E-state index is 12.7. The number of aryl methyl sites for hydroxylation is 1. The van der Waals surface area contributed by atoms with Crippen LogP contribution in [0.2, 0.25) is 0 Å². The van der Waals surface area contributed by atoms with E-state index in [9.17, 15) is 9.59 Å². The fourth-order valence-corrected chi connectivity index (χ4v) is 4.35. The predicted octanol–water partition coefficient (Wildman–Crippen LogP) is 5.45. The maximum Gasteiger partial charge on any atom is 0.339 e. The van der Waals surface area contributed by atoms with Crippen molar-refractivity contribution >= 4 is 27.8 Å². The average Bonchev–Trinajstić information content (AvgIpc) is 3.21. The molecule has 6 nitrogen and oxygen atoms in total. The highest BCUT2D eigenvalue weighted by molar-refractivity contribution is 5.96. The van der Waals surface area contributed by atoms with Gasteiger partial charge in [-0.1, -0.05) is 39.0 Å². The van der Waals surface area contributed by atoms with Crippen LogP contribution < -0.4 is 15.7 Å². The van der Waals surface area contributed by atoms with Crippen molar-refractivity contribution in [3.8, 4) is 5.75 Å². The lowest BCUT2D eigenvalue weighted by Gasteiger charge is -2.16. The van der Waals surface area contributed by atoms with Crippen LogP contribution in [0, 0.1) is 6.92 Å². The van der Waals surface area contributed by atoms with Crippen molar-refractivity contribution in [3.05, 3.63) is 75.3 Å². The third-order valence-corrected chi connectivity index (χ3v) is 6.30. The normalized spacial score (nSPS) is 11.8. The molecule has 1 amide bonds. The second kappa shape index (κ2) is 9.37. The van der Waals surface area contributed by atoms with Crippen molar-refractivity contribution < 1.29 is 18.4 Å². The number of fused-ring (bicyclic) bond motifs is 2. The van der Waals surface area contributed by atoms with Crippen LogP contribution in [-0.4, -0.2) is 19.6 Å². The minimum Gasteiger partial charge on any atom is -0.496 e. The highest BCUT2D eigenvalue weighted by Gasteiger charge is 2.21. The molecule has 0 unspecified atom stereocenters. The molecule has 4 rings (SSSR count). The fourth-order valence-electron chi connectivity index (χ4n) is 4.35. The number of furan rings is 1. The van der Waals surface area contributed by atoms with Crippen LogP contribution in [0.15, 0.2) is 56.3 Å². The van der Waals surface area contributed by atoms with Crippen LogP contribution in [0.5, 0.6) is 5.75 Å². The third-order valence-electron chi connectivity index (χ3n) is 6.30. The minimum absolute atomic E-state index is 0.0763. The number of hydrogen-bond donors (Lipinski definition) is 1. The Balaban J connectivity index is 1.49. The molecule has 0 radical (unpaired) electrons. The number of benzene rings is 2. The first-order chi connectivity index (χ1) is 16.2. The molecule has 178 valence electrons. The number of para-hydroxylation sites is 1. The van der Waals surface area contributed by atoms with E-state index in [1.54, 1.807) is 19.4 Å². The standard InChI is InChI=1S/C28H31NO5/c1-17-19(10-11-26(30)29-13-12-18-8-6-7-9-23(18)32-5)27(31)34-25-15-24-21(14-20(17)25)22(16-33-24)28(2,3)4/h6-9,14-16H,10-13H2,1-5H3,(H,29,30). The lowest BCUT2D eigenvalue weighted by Crippen LogP contribution is -2.26. The highest BCUT2D eigenvalue weighted by Crippen LogP contribution is 2.35. The molecule has 6 heteroatoms. The Morgan fingerprint density at radius 2 is 1.82 bits per heavy atom. The molecule has 0 fully saturated rings. The van der Waals surface area contributed by atoms with Gasteiger partial charge < -0.3 is 18.9 Å². The van der Waals surface area contributed by atoms with E-state index < -0.39 is 5.63 Å². The molecule has 0 saturated carbocycles. The molecule has 0 atom stereocenters. The van der Waals surface area contributed by atoms with Gasteiger partial charge in [0.1, 0.15) is 16.9 Å². The number of methoxy groups -OCH3 is 1. The van der Waals surface area contributed by atoms with Crippen molar-refractivity contribution in [2.75, 3.05) is 13.7 Å². The summed E-state index contributed by atoms with van der Waals surface area (Å²) in [6.07, 6.45) is 2.97. The van der Waals surface area contributed by atoms with Gasteiger partial charge in [-0.25, -0.2) is 4.79 Å². The van der Waals surface area contributed by atoms with Crippen LogP contribution in [0.3, 0.4) is 0 Å². The van der Waals surface area contributed by atoms with Gasteiger partial charge in [-0.05, 0) is 48.4 Å². The Labute approximate surface area is 198 Å². The van der Waals surface area contributed by atoms with Gasteiger partial charge >= 0.3 is 5.63 Å². The maximum absolute atomic E-state index is 12.7. The first-order valence-electron chi connectivity index (χ1n) is 11.6. The quantitative estimate of drug-likeness (QED) is 0.370. The summed E-state index contributed by atoms with van der Waals surface area (Å²) in [4.78, 5) is 25.1. The van der Waals surface area contributed by atoms with Crippen molar-refractivity contribution in [3.63, 3.8) is 0 Å². The summed E-state index contributed by atoms with van der Waals surface area (Å²) in [5.74, 6) is 0.705. The van der Waals surface area contributed by atoms with Crippen LogP contribution in [0.4, 0.5) is 0 Å². The number of amides is 1.